The monoisotopic (exact) mass is 616 g/mol. The van der Waals surface area contributed by atoms with Crippen LogP contribution in [0.5, 0.6) is 0 Å². The highest BCUT2D eigenvalue weighted by atomic mass is 16.8. The Morgan fingerprint density at radius 2 is 1.05 bits per heavy atom. The highest BCUT2D eigenvalue weighted by molar-refractivity contribution is 4.96. The van der Waals surface area contributed by atoms with Gasteiger partial charge in [0.05, 0.1) is 31.5 Å². The van der Waals surface area contributed by atoms with Crippen LogP contribution >= 0.6 is 0 Å². The average molecular weight is 617 g/mol. The zero-order valence-electron chi connectivity index (χ0n) is 23.0. The number of rotatable bonds is 9. The summed E-state index contributed by atoms with van der Waals surface area (Å²) in [7, 11) is 0. The van der Waals surface area contributed by atoms with Crippen LogP contribution in [0.2, 0.25) is 0 Å². The minimum absolute atomic E-state index is 0.321. The van der Waals surface area contributed by atoms with E-state index in [-0.39, 0.29) is 6.61 Å². The van der Waals surface area contributed by atoms with E-state index in [9.17, 15) is 56.2 Å². The van der Waals surface area contributed by atoms with Gasteiger partial charge in [0, 0.05) is 12.5 Å². The van der Waals surface area contributed by atoms with Crippen molar-refractivity contribution < 1.29 is 84.6 Å². The van der Waals surface area contributed by atoms with Crippen molar-refractivity contribution in [2.45, 2.75) is 131 Å². The van der Waals surface area contributed by atoms with Crippen LogP contribution in [0, 0.1) is 5.92 Å². The molecule has 17 nitrogen and oxygen atoms in total. The maximum Gasteiger partial charge on any atom is 0.187 e. The fourth-order valence-corrected chi connectivity index (χ4v) is 5.87. The first-order valence-electron chi connectivity index (χ1n) is 14.1. The van der Waals surface area contributed by atoms with Crippen molar-refractivity contribution in [1.82, 2.24) is 0 Å². The standard InChI is InChI=1S/C25H44O17/c1-8-13(29)16(32)18(34)23(37-8)41-21-9(5-26)3-2-4-10(21)38-25-20(36)22(15(31)12(7-28)40-25)42-24-19(35)17(33)14(30)11(6-27)39-24/h8-36H,2-7H2,1H3. The lowest BCUT2D eigenvalue weighted by atomic mass is 9.84. The Hall–Kier alpha value is -0.680. The Bertz CT molecular complexity index is 837. The summed E-state index contributed by atoms with van der Waals surface area (Å²) in [4.78, 5) is 0. The average Bonchev–Trinajstić information content (AvgIpc) is 2.98. The van der Waals surface area contributed by atoms with Gasteiger partial charge in [-0.05, 0) is 19.8 Å². The Balaban J connectivity index is 1.51. The lowest BCUT2D eigenvalue weighted by molar-refractivity contribution is -0.372. The summed E-state index contributed by atoms with van der Waals surface area (Å²) in [6.45, 7) is -0.343. The first kappa shape index (κ1) is 34.2. The van der Waals surface area contributed by atoms with Crippen molar-refractivity contribution in [1.29, 1.82) is 0 Å². The Labute approximate surface area is 241 Å². The molecule has 1 saturated carbocycles. The normalized spacial score (nSPS) is 52.3. The zero-order chi connectivity index (χ0) is 30.9. The van der Waals surface area contributed by atoms with Gasteiger partial charge in [-0.3, -0.25) is 0 Å². The van der Waals surface area contributed by atoms with Crippen LogP contribution in [0.4, 0.5) is 0 Å². The van der Waals surface area contributed by atoms with Crippen LogP contribution in [0.15, 0.2) is 0 Å². The van der Waals surface area contributed by atoms with E-state index >= 15 is 0 Å². The van der Waals surface area contributed by atoms with Gasteiger partial charge in [0.15, 0.2) is 18.9 Å². The second kappa shape index (κ2) is 14.6. The summed E-state index contributed by atoms with van der Waals surface area (Å²) >= 11 is 0. The number of aliphatic hydroxyl groups excluding tert-OH is 11. The van der Waals surface area contributed by atoms with E-state index in [0.717, 1.165) is 0 Å². The first-order chi connectivity index (χ1) is 19.9. The number of aliphatic hydroxyl groups is 11. The molecule has 18 unspecified atom stereocenters. The second-order valence-electron chi connectivity index (χ2n) is 11.3. The summed E-state index contributed by atoms with van der Waals surface area (Å²) in [5.74, 6) is -0.528. The van der Waals surface area contributed by atoms with Gasteiger partial charge in [0.1, 0.15) is 67.1 Å². The van der Waals surface area contributed by atoms with Crippen molar-refractivity contribution in [3.63, 3.8) is 0 Å². The largest absolute Gasteiger partial charge is 0.396 e. The summed E-state index contributed by atoms with van der Waals surface area (Å²) in [5, 5.41) is 112. The maximum atomic E-state index is 11.1. The Morgan fingerprint density at radius 3 is 1.64 bits per heavy atom. The molecule has 0 amide bonds. The van der Waals surface area contributed by atoms with E-state index in [0.29, 0.717) is 19.3 Å². The van der Waals surface area contributed by atoms with Gasteiger partial charge < -0.3 is 84.6 Å². The quantitative estimate of drug-likeness (QED) is 0.115. The number of hydrogen-bond acceptors (Lipinski definition) is 17. The molecule has 1 aliphatic carbocycles. The van der Waals surface area contributed by atoms with Gasteiger partial charge in [-0.25, -0.2) is 0 Å². The third-order valence-corrected chi connectivity index (χ3v) is 8.50. The summed E-state index contributed by atoms with van der Waals surface area (Å²) in [6.07, 6.45) is -23.7. The van der Waals surface area contributed by atoms with Crippen molar-refractivity contribution in [2.75, 3.05) is 19.8 Å². The van der Waals surface area contributed by atoms with Crippen LogP contribution in [0.25, 0.3) is 0 Å². The third kappa shape index (κ3) is 6.92. The minimum Gasteiger partial charge on any atom is -0.396 e. The highest BCUT2D eigenvalue weighted by Gasteiger charge is 2.52. The molecule has 11 N–H and O–H groups in total. The lowest BCUT2D eigenvalue weighted by Gasteiger charge is -2.48. The molecule has 0 spiro atoms. The van der Waals surface area contributed by atoms with Crippen molar-refractivity contribution in [3.05, 3.63) is 0 Å². The first-order valence-corrected chi connectivity index (χ1v) is 14.1. The van der Waals surface area contributed by atoms with Crippen LogP contribution < -0.4 is 0 Å². The summed E-state index contributed by atoms with van der Waals surface area (Å²) < 4.78 is 34.1. The van der Waals surface area contributed by atoms with E-state index in [1.165, 1.54) is 6.92 Å². The molecule has 4 aliphatic rings. The van der Waals surface area contributed by atoms with E-state index in [1.54, 1.807) is 0 Å². The summed E-state index contributed by atoms with van der Waals surface area (Å²) in [6, 6.07) is 0. The molecule has 0 aromatic carbocycles. The number of hydrogen-bond donors (Lipinski definition) is 11. The molecule has 0 bridgehead atoms. The van der Waals surface area contributed by atoms with Gasteiger partial charge in [-0.1, -0.05) is 6.42 Å². The third-order valence-electron chi connectivity index (χ3n) is 8.50. The predicted molar refractivity (Wildman–Crippen MR) is 133 cm³/mol. The topological polar surface area (TPSA) is 278 Å². The molecule has 42 heavy (non-hydrogen) atoms. The van der Waals surface area contributed by atoms with Gasteiger partial charge in [-0.2, -0.15) is 0 Å². The molecule has 3 saturated heterocycles. The molecule has 246 valence electrons. The van der Waals surface area contributed by atoms with Crippen LogP contribution in [-0.4, -0.2) is 180 Å². The van der Waals surface area contributed by atoms with Gasteiger partial charge in [0.25, 0.3) is 0 Å². The van der Waals surface area contributed by atoms with Crippen molar-refractivity contribution in [3.8, 4) is 0 Å². The summed E-state index contributed by atoms with van der Waals surface area (Å²) in [5.41, 5.74) is 0. The highest BCUT2D eigenvalue weighted by Crippen LogP contribution is 2.36. The Morgan fingerprint density at radius 1 is 0.524 bits per heavy atom. The molecule has 18 atom stereocenters. The fraction of sp³-hybridized carbons (Fsp3) is 1.00. The molecular formula is C25H44O17. The van der Waals surface area contributed by atoms with Gasteiger partial charge >= 0.3 is 0 Å². The maximum absolute atomic E-state index is 11.1. The van der Waals surface area contributed by atoms with Crippen LogP contribution in [0.3, 0.4) is 0 Å². The van der Waals surface area contributed by atoms with E-state index in [4.69, 9.17) is 28.4 Å². The molecule has 0 aromatic rings. The van der Waals surface area contributed by atoms with E-state index < -0.39 is 123 Å². The molecule has 3 heterocycles. The van der Waals surface area contributed by atoms with Crippen LogP contribution in [-0.2, 0) is 28.4 Å². The Kier molecular flexibility index (Phi) is 11.9. The van der Waals surface area contributed by atoms with E-state index in [1.807, 2.05) is 0 Å². The second-order valence-corrected chi connectivity index (χ2v) is 11.3. The fourth-order valence-electron chi connectivity index (χ4n) is 5.87. The molecule has 3 aliphatic heterocycles. The minimum atomic E-state index is -1.84. The van der Waals surface area contributed by atoms with E-state index in [2.05, 4.69) is 0 Å². The van der Waals surface area contributed by atoms with Crippen molar-refractivity contribution >= 4 is 0 Å². The van der Waals surface area contributed by atoms with Gasteiger partial charge in [-0.15, -0.1) is 0 Å². The zero-order valence-corrected chi connectivity index (χ0v) is 23.0. The SMILES string of the molecule is CC1OC(OC2C(CO)CCCC2OC2OC(CO)C(O)C(OC3OC(CO)C(O)C(O)C3O)C2O)C(O)C(O)C1O. The molecular weight excluding hydrogens is 572 g/mol. The number of ether oxygens (including phenoxy) is 6. The van der Waals surface area contributed by atoms with Crippen LogP contribution in [0.1, 0.15) is 26.2 Å². The predicted octanol–water partition coefficient (Wildman–Crippen LogP) is -6.00. The molecule has 4 rings (SSSR count). The lowest BCUT2D eigenvalue weighted by Crippen LogP contribution is -2.65. The smallest absolute Gasteiger partial charge is 0.187 e. The molecule has 17 heteroatoms. The molecule has 4 fully saturated rings. The molecule has 0 radical (unpaired) electrons. The van der Waals surface area contributed by atoms with Crippen molar-refractivity contribution in [2.24, 2.45) is 5.92 Å². The molecule has 0 aromatic heterocycles. The van der Waals surface area contributed by atoms with Gasteiger partial charge in [0.2, 0.25) is 0 Å².